The number of benzene rings is 2. The molecule has 0 saturated carbocycles. The molecule has 3 aromatic rings. The second-order valence-corrected chi connectivity index (χ2v) is 7.56. The van der Waals surface area contributed by atoms with Crippen LogP contribution in [0.3, 0.4) is 0 Å². The predicted molar refractivity (Wildman–Crippen MR) is 87.2 cm³/mol. The quantitative estimate of drug-likeness (QED) is 0.697. The maximum absolute atomic E-state index is 12.9. The third-order valence-corrected chi connectivity index (χ3v) is 5.73. The number of nitrogens with zero attached hydrogens (tertiary/aromatic N) is 1. The number of rotatable bonds is 3. The van der Waals surface area contributed by atoms with Crippen LogP contribution in [-0.4, -0.2) is 13.0 Å². The van der Waals surface area contributed by atoms with Gasteiger partial charge in [0.2, 0.25) is 9.84 Å². The van der Waals surface area contributed by atoms with Crippen molar-refractivity contribution in [1.82, 2.24) is 4.57 Å². The molecule has 0 aliphatic carbocycles. The van der Waals surface area contributed by atoms with Gasteiger partial charge in [-0.15, -0.1) is 0 Å². The average Bonchev–Trinajstić information content (AvgIpc) is 2.86. The molecule has 0 bridgehead atoms. The van der Waals surface area contributed by atoms with Gasteiger partial charge in [-0.2, -0.15) is 0 Å². The topological polar surface area (TPSA) is 39.1 Å². The lowest BCUT2D eigenvalue weighted by Gasteiger charge is -2.09. The van der Waals surface area contributed by atoms with Crippen LogP contribution in [0.2, 0.25) is 0 Å². The lowest BCUT2D eigenvalue weighted by Crippen LogP contribution is -2.09. The minimum atomic E-state index is -3.53. The molecule has 21 heavy (non-hydrogen) atoms. The molecule has 0 fully saturated rings. The monoisotopic (exact) mass is 363 g/mol. The molecule has 5 heteroatoms. The molecule has 0 spiro atoms. The van der Waals surface area contributed by atoms with Gasteiger partial charge in [0.05, 0.1) is 4.90 Å². The van der Waals surface area contributed by atoms with Crippen LogP contribution in [0, 0.1) is 0 Å². The molecule has 3 nitrogen and oxygen atoms in total. The summed E-state index contributed by atoms with van der Waals surface area (Å²) in [5.41, 5.74) is 0.938. The summed E-state index contributed by atoms with van der Waals surface area (Å²) in [4.78, 5) is 0.300. The molecule has 1 aromatic heterocycles. The zero-order chi connectivity index (χ0) is 15.0. The van der Waals surface area contributed by atoms with Gasteiger partial charge in [-0.3, -0.25) is 0 Å². The van der Waals surface area contributed by atoms with Crippen LogP contribution in [0.1, 0.15) is 6.92 Å². The van der Waals surface area contributed by atoms with E-state index in [1.807, 2.05) is 41.8 Å². The predicted octanol–water partition coefficient (Wildman–Crippen LogP) is 4.26. The second kappa shape index (κ2) is 5.31. The Hall–Kier alpha value is -1.59. The Labute approximate surface area is 132 Å². The Kier molecular flexibility index (Phi) is 3.63. The number of hydrogen-bond acceptors (Lipinski definition) is 2. The summed E-state index contributed by atoms with van der Waals surface area (Å²) < 4.78 is 28.4. The fraction of sp³-hybridized carbons (Fsp3) is 0.125. The van der Waals surface area contributed by atoms with Crippen molar-refractivity contribution in [3.05, 3.63) is 59.1 Å². The first-order valence-electron chi connectivity index (χ1n) is 6.63. The molecule has 1 heterocycles. The number of aryl methyl sites for hydroxylation is 1. The van der Waals surface area contributed by atoms with Crippen molar-refractivity contribution in [2.45, 2.75) is 23.4 Å². The molecule has 108 valence electrons. The third kappa shape index (κ3) is 2.40. The van der Waals surface area contributed by atoms with Crippen molar-refractivity contribution in [1.29, 1.82) is 0 Å². The number of hydrogen-bond donors (Lipinski definition) is 0. The standard InChI is InChI=1S/C16H14BrNO2S/c1-2-18-15-9-4-3-6-12(15)10-16(18)21(19,20)14-8-5-7-13(17)11-14/h3-11H,2H2,1H3. The van der Waals surface area contributed by atoms with Crippen LogP contribution >= 0.6 is 15.9 Å². The van der Waals surface area contributed by atoms with E-state index in [-0.39, 0.29) is 0 Å². The number of fused-ring (bicyclic) bond motifs is 1. The Morgan fingerprint density at radius 2 is 1.81 bits per heavy atom. The molecular formula is C16H14BrNO2S. The Morgan fingerprint density at radius 1 is 1.05 bits per heavy atom. The van der Waals surface area contributed by atoms with E-state index in [1.54, 1.807) is 24.3 Å². The molecular weight excluding hydrogens is 350 g/mol. The van der Waals surface area contributed by atoms with Crippen molar-refractivity contribution >= 4 is 36.7 Å². The molecule has 3 rings (SSSR count). The van der Waals surface area contributed by atoms with E-state index in [9.17, 15) is 8.42 Å². The van der Waals surface area contributed by atoms with E-state index in [1.165, 1.54) is 0 Å². The summed E-state index contributed by atoms with van der Waals surface area (Å²) >= 11 is 3.33. The summed E-state index contributed by atoms with van der Waals surface area (Å²) in [7, 11) is -3.53. The highest BCUT2D eigenvalue weighted by Gasteiger charge is 2.23. The lowest BCUT2D eigenvalue weighted by atomic mass is 10.2. The van der Waals surface area contributed by atoms with Gasteiger partial charge in [0.1, 0.15) is 5.03 Å². The molecule has 0 amide bonds. The van der Waals surface area contributed by atoms with Crippen molar-refractivity contribution in [2.24, 2.45) is 0 Å². The zero-order valence-electron chi connectivity index (χ0n) is 11.5. The van der Waals surface area contributed by atoms with Crippen molar-refractivity contribution in [3.63, 3.8) is 0 Å². The number of para-hydroxylation sites is 1. The summed E-state index contributed by atoms with van der Waals surface area (Å²) in [6.45, 7) is 2.56. The molecule has 0 saturated heterocycles. The van der Waals surface area contributed by atoms with Gasteiger partial charge in [-0.05, 0) is 37.3 Å². The average molecular weight is 364 g/mol. The molecule has 0 unspecified atom stereocenters. The first kappa shape index (κ1) is 14.4. The summed E-state index contributed by atoms with van der Waals surface area (Å²) in [6, 6.07) is 16.3. The van der Waals surface area contributed by atoms with E-state index >= 15 is 0 Å². The van der Waals surface area contributed by atoms with E-state index in [4.69, 9.17) is 0 Å². The molecule has 0 radical (unpaired) electrons. The molecule has 2 aromatic carbocycles. The number of sulfone groups is 1. The van der Waals surface area contributed by atoms with Gasteiger partial charge < -0.3 is 4.57 Å². The minimum Gasteiger partial charge on any atom is -0.332 e. The van der Waals surface area contributed by atoms with Crippen LogP contribution in [0.25, 0.3) is 10.9 Å². The van der Waals surface area contributed by atoms with Crippen LogP contribution in [0.5, 0.6) is 0 Å². The highest BCUT2D eigenvalue weighted by atomic mass is 79.9. The Bertz CT molecular complexity index is 913. The van der Waals surface area contributed by atoms with E-state index in [0.717, 1.165) is 15.4 Å². The minimum absolute atomic E-state index is 0.300. The van der Waals surface area contributed by atoms with Gasteiger partial charge >= 0.3 is 0 Å². The first-order valence-corrected chi connectivity index (χ1v) is 8.90. The first-order chi connectivity index (χ1) is 10.0. The third-order valence-electron chi connectivity index (χ3n) is 3.47. The van der Waals surface area contributed by atoms with E-state index < -0.39 is 9.84 Å². The summed E-state index contributed by atoms with van der Waals surface area (Å²) in [5.74, 6) is 0. The zero-order valence-corrected chi connectivity index (χ0v) is 13.9. The SMILES string of the molecule is CCn1c(S(=O)(=O)c2cccc(Br)c2)cc2ccccc21. The molecule has 0 aliphatic rings. The Balaban J connectivity index is 2.28. The van der Waals surface area contributed by atoms with Crippen LogP contribution in [-0.2, 0) is 16.4 Å². The maximum atomic E-state index is 12.9. The number of halogens is 1. The van der Waals surface area contributed by atoms with Crippen molar-refractivity contribution in [3.8, 4) is 0 Å². The van der Waals surface area contributed by atoms with Crippen LogP contribution < -0.4 is 0 Å². The van der Waals surface area contributed by atoms with Gasteiger partial charge in [0.15, 0.2) is 0 Å². The van der Waals surface area contributed by atoms with Gasteiger partial charge in [0.25, 0.3) is 0 Å². The number of aromatic nitrogens is 1. The molecule has 0 atom stereocenters. The fourth-order valence-corrected chi connectivity index (χ4v) is 4.62. The smallest absolute Gasteiger partial charge is 0.222 e. The molecule has 0 N–H and O–H groups in total. The summed E-state index contributed by atoms with van der Waals surface area (Å²) in [5, 5.41) is 1.28. The highest BCUT2D eigenvalue weighted by Crippen LogP contribution is 2.29. The Morgan fingerprint density at radius 3 is 2.52 bits per heavy atom. The van der Waals surface area contributed by atoms with Gasteiger partial charge in [-0.1, -0.05) is 40.2 Å². The van der Waals surface area contributed by atoms with Crippen molar-refractivity contribution in [2.75, 3.05) is 0 Å². The largest absolute Gasteiger partial charge is 0.332 e. The van der Waals surface area contributed by atoms with Gasteiger partial charge in [-0.25, -0.2) is 8.42 Å². The highest BCUT2D eigenvalue weighted by molar-refractivity contribution is 9.10. The van der Waals surface area contributed by atoms with Crippen LogP contribution in [0.15, 0.2) is 69.0 Å². The lowest BCUT2D eigenvalue weighted by molar-refractivity contribution is 0.581. The van der Waals surface area contributed by atoms with E-state index in [0.29, 0.717) is 16.5 Å². The van der Waals surface area contributed by atoms with E-state index in [2.05, 4.69) is 15.9 Å². The summed E-state index contributed by atoms with van der Waals surface area (Å²) in [6.07, 6.45) is 0. The van der Waals surface area contributed by atoms with Gasteiger partial charge in [0, 0.05) is 21.9 Å². The molecule has 0 aliphatic heterocycles. The normalized spacial score (nSPS) is 11.9. The van der Waals surface area contributed by atoms with Crippen molar-refractivity contribution < 1.29 is 8.42 Å². The fourth-order valence-electron chi connectivity index (χ4n) is 2.49. The second-order valence-electron chi connectivity index (χ2n) is 4.75. The van der Waals surface area contributed by atoms with Crippen LogP contribution in [0.4, 0.5) is 0 Å². The maximum Gasteiger partial charge on any atom is 0.222 e.